The van der Waals surface area contributed by atoms with Gasteiger partial charge in [-0.15, -0.1) is 0 Å². The molecule has 5 heteroatoms. The van der Waals surface area contributed by atoms with E-state index in [1.165, 1.54) is 257 Å². The maximum Gasteiger partial charge on any atom is 0.220 e. The van der Waals surface area contributed by atoms with Crippen LogP contribution >= 0.6 is 0 Å². The highest BCUT2D eigenvalue weighted by molar-refractivity contribution is 5.76. The molecule has 0 bridgehead atoms. The Kier molecular flexibility index (Phi) is 53.4. The highest BCUT2D eigenvalue weighted by Crippen LogP contribution is 2.18. The highest BCUT2D eigenvalue weighted by atomic mass is 16.3. The normalized spacial score (nSPS) is 13.4. The van der Waals surface area contributed by atoms with Gasteiger partial charge in [-0.3, -0.25) is 4.79 Å². The van der Waals surface area contributed by atoms with Crippen LogP contribution in [0, 0.1) is 0 Å². The molecule has 0 aliphatic carbocycles. The van der Waals surface area contributed by atoms with Gasteiger partial charge < -0.3 is 20.6 Å². The lowest BCUT2D eigenvalue weighted by Crippen LogP contribution is -2.50. The average Bonchev–Trinajstić information content (AvgIpc) is 3.30. The van der Waals surface area contributed by atoms with Crippen LogP contribution in [0.2, 0.25) is 0 Å². The SMILES string of the molecule is CCCCCCCCCCC/C=C\C/C=C\CCCCCCCCCCCCCCCCCCCC(=O)NC(CO)C(O)C(O)CCCCCCCCCCCCCCCCCCC. The van der Waals surface area contributed by atoms with E-state index < -0.39 is 18.2 Å². The summed E-state index contributed by atoms with van der Waals surface area (Å²) in [4.78, 5) is 12.5. The summed E-state index contributed by atoms with van der Waals surface area (Å²) < 4.78 is 0. The molecule has 0 saturated heterocycles. The number of carbonyl (C=O) groups is 1. The zero-order chi connectivity index (χ0) is 46.5. The maximum absolute atomic E-state index is 12.5. The summed E-state index contributed by atoms with van der Waals surface area (Å²) in [7, 11) is 0. The number of rotatable bonds is 54. The van der Waals surface area contributed by atoms with Gasteiger partial charge in [0.2, 0.25) is 5.91 Å². The first kappa shape index (κ1) is 62.8. The Morgan fingerprint density at radius 2 is 0.672 bits per heavy atom. The lowest BCUT2D eigenvalue weighted by Gasteiger charge is -2.26. The number of aliphatic hydroxyl groups excluding tert-OH is 3. The molecule has 64 heavy (non-hydrogen) atoms. The van der Waals surface area contributed by atoms with Crippen LogP contribution in [0.3, 0.4) is 0 Å². The van der Waals surface area contributed by atoms with E-state index in [0.717, 1.165) is 38.5 Å². The minimum absolute atomic E-state index is 0.139. The minimum Gasteiger partial charge on any atom is -0.394 e. The summed E-state index contributed by atoms with van der Waals surface area (Å²) in [5.74, 6) is -0.139. The lowest BCUT2D eigenvalue weighted by molar-refractivity contribution is -0.124. The molecule has 0 aliphatic heterocycles. The Hall–Kier alpha value is -1.17. The van der Waals surface area contributed by atoms with Crippen LogP contribution in [-0.4, -0.2) is 46.1 Å². The molecule has 0 heterocycles. The Balaban J connectivity index is 3.49. The van der Waals surface area contributed by atoms with Gasteiger partial charge in [0, 0.05) is 6.42 Å². The number of allylic oxidation sites excluding steroid dienone is 4. The summed E-state index contributed by atoms with van der Waals surface area (Å²) in [6.07, 6.45) is 69.1. The van der Waals surface area contributed by atoms with Crippen molar-refractivity contribution in [1.82, 2.24) is 5.32 Å². The fraction of sp³-hybridized carbons (Fsp3) is 0.915. The van der Waals surface area contributed by atoms with E-state index in [4.69, 9.17) is 0 Å². The number of hydrogen-bond acceptors (Lipinski definition) is 4. The van der Waals surface area contributed by atoms with Crippen LogP contribution in [-0.2, 0) is 4.79 Å². The quantitative estimate of drug-likeness (QED) is 0.0362. The van der Waals surface area contributed by atoms with Crippen molar-refractivity contribution in [2.75, 3.05) is 6.61 Å². The zero-order valence-corrected chi connectivity index (χ0v) is 43.4. The molecule has 0 aromatic carbocycles. The average molecular weight is 903 g/mol. The van der Waals surface area contributed by atoms with Crippen molar-refractivity contribution in [3.8, 4) is 0 Å². The number of carbonyl (C=O) groups excluding carboxylic acids is 1. The molecule has 0 spiro atoms. The molecular formula is C59H115NO4. The molecule has 0 aromatic heterocycles. The van der Waals surface area contributed by atoms with Crippen molar-refractivity contribution >= 4 is 5.91 Å². The molecule has 1 amide bonds. The third kappa shape index (κ3) is 48.8. The second-order valence-corrected chi connectivity index (χ2v) is 20.2. The van der Waals surface area contributed by atoms with Crippen molar-refractivity contribution in [3.63, 3.8) is 0 Å². The molecule has 0 rings (SSSR count). The van der Waals surface area contributed by atoms with E-state index in [1.807, 2.05) is 0 Å². The van der Waals surface area contributed by atoms with Gasteiger partial charge in [-0.2, -0.15) is 0 Å². The van der Waals surface area contributed by atoms with Gasteiger partial charge in [-0.05, 0) is 44.9 Å². The lowest BCUT2D eigenvalue weighted by atomic mass is 9.99. The number of hydrogen-bond donors (Lipinski definition) is 4. The van der Waals surface area contributed by atoms with E-state index in [2.05, 4.69) is 43.5 Å². The second-order valence-electron chi connectivity index (χ2n) is 20.2. The number of nitrogens with one attached hydrogen (secondary N) is 1. The summed E-state index contributed by atoms with van der Waals surface area (Å²) >= 11 is 0. The van der Waals surface area contributed by atoms with Gasteiger partial charge in [0.25, 0.3) is 0 Å². The molecule has 0 fully saturated rings. The molecule has 0 aliphatic rings. The van der Waals surface area contributed by atoms with Crippen molar-refractivity contribution in [3.05, 3.63) is 24.3 Å². The van der Waals surface area contributed by atoms with Crippen molar-refractivity contribution in [2.45, 2.75) is 340 Å². The Morgan fingerprint density at radius 1 is 0.391 bits per heavy atom. The fourth-order valence-corrected chi connectivity index (χ4v) is 9.31. The summed E-state index contributed by atoms with van der Waals surface area (Å²) in [6.45, 7) is 4.21. The molecule has 0 aromatic rings. The summed E-state index contributed by atoms with van der Waals surface area (Å²) in [5, 5.41) is 33.8. The van der Waals surface area contributed by atoms with Gasteiger partial charge >= 0.3 is 0 Å². The van der Waals surface area contributed by atoms with Crippen LogP contribution < -0.4 is 5.32 Å². The van der Waals surface area contributed by atoms with E-state index in [-0.39, 0.29) is 12.5 Å². The first-order chi connectivity index (χ1) is 31.6. The Labute approximate surface area is 401 Å². The molecule has 4 N–H and O–H groups in total. The standard InChI is InChI=1S/C59H115NO4/c1-3-5-7-9-11-13-15-17-19-21-22-23-24-25-26-27-28-29-30-31-32-33-34-35-36-38-40-42-44-46-48-50-52-54-58(63)60-56(55-61)59(64)57(62)53-51-49-47-45-43-41-39-37-20-18-16-14-12-10-8-6-4-2/h22-23,25-26,56-57,59,61-62,64H,3-21,24,27-55H2,1-2H3,(H,60,63)/b23-22-,26-25-. The van der Waals surface area contributed by atoms with Gasteiger partial charge in [0.1, 0.15) is 6.10 Å². The highest BCUT2D eigenvalue weighted by Gasteiger charge is 2.26. The summed E-state index contributed by atoms with van der Waals surface area (Å²) in [6, 6.07) is -0.807. The monoisotopic (exact) mass is 902 g/mol. The van der Waals surface area contributed by atoms with Crippen LogP contribution in [0.4, 0.5) is 0 Å². The molecular weight excluding hydrogens is 787 g/mol. The van der Waals surface area contributed by atoms with E-state index in [1.54, 1.807) is 0 Å². The van der Waals surface area contributed by atoms with Crippen molar-refractivity contribution in [2.24, 2.45) is 0 Å². The number of aliphatic hydroxyl groups is 3. The van der Waals surface area contributed by atoms with Crippen LogP contribution in [0.15, 0.2) is 24.3 Å². The topological polar surface area (TPSA) is 89.8 Å². The summed E-state index contributed by atoms with van der Waals surface area (Å²) in [5.41, 5.74) is 0. The van der Waals surface area contributed by atoms with Gasteiger partial charge in [0.15, 0.2) is 0 Å². The van der Waals surface area contributed by atoms with E-state index >= 15 is 0 Å². The predicted molar refractivity (Wildman–Crippen MR) is 282 cm³/mol. The maximum atomic E-state index is 12.5. The Bertz CT molecular complexity index is 951. The van der Waals surface area contributed by atoms with Gasteiger partial charge in [-0.25, -0.2) is 0 Å². The molecule has 5 nitrogen and oxygen atoms in total. The molecule has 3 unspecified atom stereocenters. The molecule has 3 atom stereocenters. The zero-order valence-electron chi connectivity index (χ0n) is 43.4. The largest absolute Gasteiger partial charge is 0.394 e. The van der Waals surface area contributed by atoms with Crippen molar-refractivity contribution < 1.29 is 20.1 Å². The molecule has 0 saturated carbocycles. The first-order valence-electron chi connectivity index (χ1n) is 29.1. The number of unbranched alkanes of at least 4 members (excludes halogenated alkanes) is 42. The van der Waals surface area contributed by atoms with Crippen LogP contribution in [0.1, 0.15) is 322 Å². The second kappa shape index (κ2) is 54.4. The third-order valence-corrected chi connectivity index (χ3v) is 13.8. The van der Waals surface area contributed by atoms with Crippen LogP contribution in [0.25, 0.3) is 0 Å². The predicted octanol–water partition coefficient (Wildman–Crippen LogP) is 18.1. The van der Waals surface area contributed by atoms with Crippen molar-refractivity contribution in [1.29, 1.82) is 0 Å². The Morgan fingerprint density at radius 3 is 0.984 bits per heavy atom. The minimum atomic E-state index is -1.13. The van der Waals surface area contributed by atoms with E-state index in [0.29, 0.717) is 12.8 Å². The fourth-order valence-electron chi connectivity index (χ4n) is 9.31. The van der Waals surface area contributed by atoms with Gasteiger partial charge in [0.05, 0.1) is 18.8 Å². The number of amides is 1. The van der Waals surface area contributed by atoms with Gasteiger partial charge in [-0.1, -0.05) is 295 Å². The molecule has 380 valence electrons. The third-order valence-electron chi connectivity index (χ3n) is 13.8. The molecule has 0 radical (unpaired) electrons. The van der Waals surface area contributed by atoms with E-state index in [9.17, 15) is 20.1 Å². The first-order valence-corrected chi connectivity index (χ1v) is 29.1. The smallest absolute Gasteiger partial charge is 0.220 e. The van der Waals surface area contributed by atoms with Crippen LogP contribution in [0.5, 0.6) is 0 Å².